The number of rotatable bonds is 4. The van der Waals surface area contributed by atoms with E-state index < -0.39 is 0 Å². The smallest absolute Gasteiger partial charge is 0.0537 e. The highest BCUT2D eigenvalue weighted by atomic mass is 15.2. The summed E-state index contributed by atoms with van der Waals surface area (Å²) < 4.78 is 1.81. The second-order valence-electron chi connectivity index (χ2n) is 4.07. The Balaban J connectivity index is 1.84. The molecule has 1 aromatic heterocycles. The van der Waals surface area contributed by atoms with E-state index in [-0.39, 0.29) is 6.04 Å². The van der Waals surface area contributed by atoms with E-state index in [0.29, 0.717) is 0 Å². The highest BCUT2D eigenvalue weighted by Crippen LogP contribution is 2.35. The third kappa shape index (κ3) is 2.31. The van der Waals surface area contributed by atoms with Gasteiger partial charge in [-0.1, -0.05) is 12.8 Å². The summed E-state index contributed by atoms with van der Waals surface area (Å²) in [5.41, 5.74) is 7.20. The summed E-state index contributed by atoms with van der Waals surface area (Å²) in [6, 6.07) is 0.189. The summed E-state index contributed by atoms with van der Waals surface area (Å²) >= 11 is 0. The second-order valence-corrected chi connectivity index (χ2v) is 4.07. The Kier molecular flexibility index (Phi) is 2.36. The molecule has 1 aliphatic rings. The summed E-state index contributed by atoms with van der Waals surface area (Å²) in [5.74, 6) is 0.975. The Morgan fingerprint density at radius 1 is 1.69 bits per heavy atom. The van der Waals surface area contributed by atoms with E-state index >= 15 is 0 Å². The first-order valence-electron chi connectivity index (χ1n) is 5.00. The largest absolute Gasteiger partial charge is 0.324 e. The van der Waals surface area contributed by atoms with Crippen molar-refractivity contribution in [2.45, 2.75) is 31.7 Å². The molecule has 3 nitrogen and oxygen atoms in total. The molecule has 72 valence electrons. The molecule has 1 aromatic rings. The molecule has 0 bridgehead atoms. The maximum atomic E-state index is 6.03. The molecule has 0 aromatic carbocycles. The third-order valence-corrected chi connectivity index (χ3v) is 2.74. The lowest BCUT2D eigenvalue weighted by molar-refractivity contribution is 0.575. The molecular weight excluding hydrogens is 162 g/mol. The van der Waals surface area contributed by atoms with Gasteiger partial charge in [0.05, 0.1) is 6.20 Å². The van der Waals surface area contributed by atoms with Gasteiger partial charge in [0.1, 0.15) is 0 Å². The maximum absolute atomic E-state index is 6.03. The SMILES string of the molecule is Cn1cc(C(N)CCC2CC2)cn1. The molecule has 1 unspecified atom stereocenters. The van der Waals surface area contributed by atoms with Crippen LogP contribution in [0.15, 0.2) is 12.4 Å². The van der Waals surface area contributed by atoms with Crippen LogP contribution in [0.4, 0.5) is 0 Å². The zero-order valence-electron chi connectivity index (χ0n) is 8.11. The molecule has 1 aliphatic carbocycles. The molecule has 0 spiro atoms. The van der Waals surface area contributed by atoms with Crippen LogP contribution in [0.5, 0.6) is 0 Å². The average Bonchev–Trinajstić information content (AvgIpc) is 2.84. The predicted molar refractivity (Wildman–Crippen MR) is 52.1 cm³/mol. The van der Waals surface area contributed by atoms with Gasteiger partial charge in [0.2, 0.25) is 0 Å². The van der Waals surface area contributed by atoms with E-state index in [1.807, 2.05) is 24.1 Å². The normalized spacial score (nSPS) is 18.9. The van der Waals surface area contributed by atoms with Crippen LogP contribution in [-0.4, -0.2) is 9.78 Å². The van der Waals surface area contributed by atoms with E-state index in [1.54, 1.807) is 0 Å². The molecule has 0 saturated heterocycles. The fourth-order valence-electron chi connectivity index (χ4n) is 1.62. The number of hydrogen-bond acceptors (Lipinski definition) is 2. The molecule has 1 saturated carbocycles. The zero-order chi connectivity index (χ0) is 9.26. The molecule has 0 aliphatic heterocycles. The van der Waals surface area contributed by atoms with Gasteiger partial charge in [-0.05, 0) is 18.8 Å². The number of nitrogens with two attached hydrogens (primary N) is 1. The standard InChI is InChI=1S/C10H17N3/c1-13-7-9(6-12-13)10(11)5-4-8-2-3-8/h6-8,10H,2-5,11H2,1H3. The Bertz CT molecular complexity index is 275. The minimum atomic E-state index is 0.189. The summed E-state index contributed by atoms with van der Waals surface area (Å²) in [6.45, 7) is 0. The summed E-state index contributed by atoms with van der Waals surface area (Å²) in [4.78, 5) is 0. The first-order valence-corrected chi connectivity index (χ1v) is 5.00. The van der Waals surface area contributed by atoms with Crippen molar-refractivity contribution in [1.82, 2.24) is 9.78 Å². The predicted octanol–water partition coefficient (Wildman–Crippen LogP) is 1.61. The summed E-state index contributed by atoms with van der Waals surface area (Å²) in [7, 11) is 1.93. The lowest BCUT2D eigenvalue weighted by Crippen LogP contribution is -2.09. The van der Waals surface area contributed by atoms with Crippen LogP contribution >= 0.6 is 0 Å². The van der Waals surface area contributed by atoms with Crippen molar-refractivity contribution < 1.29 is 0 Å². The molecule has 13 heavy (non-hydrogen) atoms. The summed E-state index contributed by atoms with van der Waals surface area (Å²) in [6.07, 6.45) is 9.11. The molecule has 1 atom stereocenters. The van der Waals surface area contributed by atoms with Crippen molar-refractivity contribution in [3.05, 3.63) is 18.0 Å². The lowest BCUT2D eigenvalue weighted by atomic mass is 10.1. The van der Waals surface area contributed by atoms with Gasteiger partial charge in [0.15, 0.2) is 0 Å². The van der Waals surface area contributed by atoms with Crippen molar-refractivity contribution in [3.8, 4) is 0 Å². The molecular formula is C10H17N3. The van der Waals surface area contributed by atoms with Gasteiger partial charge in [-0.3, -0.25) is 4.68 Å². The molecule has 1 fully saturated rings. The number of nitrogens with zero attached hydrogens (tertiary/aromatic N) is 2. The maximum Gasteiger partial charge on any atom is 0.0537 e. The zero-order valence-corrected chi connectivity index (χ0v) is 8.11. The second kappa shape index (κ2) is 3.50. The van der Waals surface area contributed by atoms with Crippen molar-refractivity contribution >= 4 is 0 Å². The van der Waals surface area contributed by atoms with Crippen molar-refractivity contribution in [2.75, 3.05) is 0 Å². The Labute approximate surface area is 78.9 Å². The molecule has 2 rings (SSSR count). The minimum absolute atomic E-state index is 0.189. The minimum Gasteiger partial charge on any atom is -0.324 e. The van der Waals surface area contributed by atoms with Gasteiger partial charge in [0, 0.05) is 24.8 Å². The van der Waals surface area contributed by atoms with Gasteiger partial charge >= 0.3 is 0 Å². The highest BCUT2D eigenvalue weighted by Gasteiger charge is 2.22. The summed E-state index contributed by atoms with van der Waals surface area (Å²) in [5, 5.41) is 4.12. The van der Waals surface area contributed by atoms with Gasteiger partial charge in [-0.2, -0.15) is 5.10 Å². The van der Waals surface area contributed by atoms with Crippen molar-refractivity contribution in [3.63, 3.8) is 0 Å². The Morgan fingerprint density at radius 2 is 2.46 bits per heavy atom. The van der Waals surface area contributed by atoms with Gasteiger partial charge in [-0.15, -0.1) is 0 Å². The van der Waals surface area contributed by atoms with Crippen LogP contribution in [0, 0.1) is 5.92 Å². The fraction of sp³-hybridized carbons (Fsp3) is 0.700. The molecule has 0 radical (unpaired) electrons. The van der Waals surface area contributed by atoms with Gasteiger partial charge < -0.3 is 5.73 Å². The van der Waals surface area contributed by atoms with Crippen molar-refractivity contribution in [1.29, 1.82) is 0 Å². The molecule has 0 amide bonds. The lowest BCUT2D eigenvalue weighted by Gasteiger charge is -2.07. The van der Waals surface area contributed by atoms with E-state index in [4.69, 9.17) is 5.73 Å². The molecule has 3 heteroatoms. The van der Waals surface area contributed by atoms with Gasteiger partial charge in [-0.25, -0.2) is 0 Å². The number of aromatic nitrogens is 2. The van der Waals surface area contributed by atoms with E-state index in [1.165, 1.54) is 24.8 Å². The number of aryl methyl sites for hydroxylation is 1. The Morgan fingerprint density at radius 3 is 3.00 bits per heavy atom. The van der Waals surface area contributed by atoms with E-state index in [2.05, 4.69) is 5.10 Å². The molecule has 1 heterocycles. The third-order valence-electron chi connectivity index (χ3n) is 2.74. The fourth-order valence-corrected chi connectivity index (χ4v) is 1.62. The van der Waals surface area contributed by atoms with Crippen molar-refractivity contribution in [2.24, 2.45) is 18.7 Å². The monoisotopic (exact) mass is 179 g/mol. The van der Waals surface area contributed by atoms with Crippen LogP contribution in [-0.2, 0) is 7.05 Å². The first-order chi connectivity index (χ1) is 6.25. The topological polar surface area (TPSA) is 43.8 Å². The van der Waals surface area contributed by atoms with Crippen LogP contribution in [0.1, 0.15) is 37.3 Å². The van der Waals surface area contributed by atoms with Crippen LogP contribution in [0.25, 0.3) is 0 Å². The highest BCUT2D eigenvalue weighted by molar-refractivity contribution is 5.09. The van der Waals surface area contributed by atoms with E-state index in [0.717, 1.165) is 12.3 Å². The molecule has 2 N–H and O–H groups in total. The van der Waals surface area contributed by atoms with Crippen LogP contribution in [0.2, 0.25) is 0 Å². The quantitative estimate of drug-likeness (QED) is 0.763. The van der Waals surface area contributed by atoms with Gasteiger partial charge in [0.25, 0.3) is 0 Å². The first kappa shape index (κ1) is 8.75. The number of hydrogen-bond donors (Lipinski definition) is 1. The Hall–Kier alpha value is -0.830. The van der Waals surface area contributed by atoms with Crippen LogP contribution in [0.3, 0.4) is 0 Å². The van der Waals surface area contributed by atoms with E-state index in [9.17, 15) is 0 Å². The van der Waals surface area contributed by atoms with Crippen LogP contribution < -0.4 is 5.73 Å². The average molecular weight is 179 g/mol.